The average molecular weight is 400 g/mol. The Bertz CT molecular complexity index is 845. The van der Waals surface area contributed by atoms with Crippen LogP contribution < -0.4 is 0 Å². The van der Waals surface area contributed by atoms with Crippen molar-refractivity contribution in [3.63, 3.8) is 0 Å². The van der Waals surface area contributed by atoms with Crippen LogP contribution in [-0.4, -0.2) is 49.8 Å². The van der Waals surface area contributed by atoms with E-state index in [4.69, 9.17) is 18.9 Å². The van der Waals surface area contributed by atoms with E-state index >= 15 is 0 Å². The van der Waals surface area contributed by atoms with Crippen molar-refractivity contribution in [1.82, 2.24) is 0 Å². The predicted octanol–water partition coefficient (Wildman–Crippen LogP) is 2.46. The van der Waals surface area contributed by atoms with Gasteiger partial charge in [0.15, 0.2) is 23.9 Å². The molecule has 0 saturated carbocycles. The molecule has 1 saturated heterocycles. The lowest BCUT2D eigenvalue weighted by molar-refractivity contribution is -0.297. The smallest absolute Gasteiger partial charge is 0.338 e. The van der Waals surface area contributed by atoms with E-state index in [2.05, 4.69) is 0 Å². The van der Waals surface area contributed by atoms with Crippen molar-refractivity contribution in [3.05, 3.63) is 58.9 Å². The van der Waals surface area contributed by atoms with Gasteiger partial charge < -0.3 is 18.9 Å². The van der Waals surface area contributed by atoms with Gasteiger partial charge in [-0.05, 0) is 32.4 Å². The molecule has 2 heterocycles. The first-order valence-electron chi connectivity index (χ1n) is 9.48. The largest absolute Gasteiger partial charge is 0.476 e. The molecule has 7 nitrogen and oxygen atoms in total. The maximum absolute atomic E-state index is 12.6. The van der Waals surface area contributed by atoms with Gasteiger partial charge in [-0.25, -0.2) is 4.79 Å². The number of ether oxygens (including phenoxy) is 4. The number of benzene rings is 1. The molecule has 0 spiro atoms. The number of esters is 1. The molecule has 0 bridgehead atoms. The van der Waals surface area contributed by atoms with Crippen LogP contribution in [0.1, 0.15) is 32.3 Å². The number of allylic oxidation sites excluding steroid dienone is 3. The highest BCUT2D eigenvalue weighted by Crippen LogP contribution is 2.38. The summed E-state index contributed by atoms with van der Waals surface area (Å²) < 4.78 is 22.9. The summed E-state index contributed by atoms with van der Waals surface area (Å²) in [4.78, 5) is 36.2. The summed E-state index contributed by atoms with van der Waals surface area (Å²) in [6.45, 7) is 5.38. The lowest BCUT2D eigenvalue weighted by atomic mass is 9.91. The molecular weight excluding hydrogens is 376 g/mol. The molecule has 1 aromatic rings. The summed E-state index contributed by atoms with van der Waals surface area (Å²) in [5, 5.41) is 0. The summed E-state index contributed by atoms with van der Waals surface area (Å²) in [6, 6.07) is 9.79. The minimum absolute atomic E-state index is 0.00869. The molecule has 2 aliphatic heterocycles. The summed E-state index contributed by atoms with van der Waals surface area (Å²) in [5.41, 5.74) is 1.11. The third-order valence-corrected chi connectivity index (χ3v) is 4.97. The minimum Gasteiger partial charge on any atom is -0.476 e. The molecule has 0 radical (unpaired) electrons. The van der Waals surface area contributed by atoms with E-state index in [-0.39, 0.29) is 35.2 Å². The normalized spacial score (nSPS) is 26.9. The van der Waals surface area contributed by atoms with E-state index in [0.717, 1.165) is 5.56 Å². The minimum atomic E-state index is -1.38. The number of hydrogen-bond donors (Lipinski definition) is 0. The average Bonchev–Trinajstić information content (AvgIpc) is 2.74. The van der Waals surface area contributed by atoms with Gasteiger partial charge in [-0.2, -0.15) is 0 Å². The maximum atomic E-state index is 12.6. The number of hydrogen-bond acceptors (Lipinski definition) is 7. The highest BCUT2D eigenvalue weighted by Gasteiger charge is 2.49. The van der Waals surface area contributed by atoms with Gasteiger partial charge in [-0.15, -0.1) is 0 Å². The molecule has 1 atom stereocenters. The number of Topliss-reactive ketones (excluding diaryl/α,β-unsaturated/α-hetero) is 1. The van der Waals surface area contributed by atoms with Gasteiger partial charge in [0.25, 0.3) is 0 Å². The monoisotopic (exact) mass is 400 g/mol. The molecule has 2 aliphatic rings. The van der Waals surface area contributed by atoms with Crippen LogP contribution >= 0.6 is 0 Å². The first-order valence-corrected chi connectivity index (χ1v) is 9.48. The van der Waals surface area contributed by atoms with Crippen molar-refractivity contribution in [2.24, 2.45) is 0 Å². The van der Waals surface area contributed by atoms with Crippen LogP contribution in [0, 0.1) is 0 Å². The molecule has 1 fully saturated rings. The van der Waals surface area contributed by atoms with Crippen molar-refractivity contribution in [2.75, 3.05) is 19.8 Å². The Hall–Kier alpha value is -2.77. The first kappa shape index (κ1) is 21.0. The summed E-state index contributed by atoms with van der Waals surface area (Å²) >= 11 is 0. The highest BCUT2D eigenvalue weighted by atomic mass is 16.7. The molecule has 7 heteroatoms. The Labute approximate surface area is 169 Å². The number of rotatable bonds is 6. The summed E-state index contributed by atoms with van der Waals surface area (Å²) in [5.74, 6) is -2.54. The Morgan fingerprint density at radius 2 is 1.86 bits per heavy atom. The Kier molecular flexibility index (Phi) is 6.30. The molecule has 0 aliphatic carbocycles. The van der Waals surface area contributed by atoms with Crippen LogP contribution in [0.2, 0.25) is 0 Å². The summed E-state index contributed by atoms with van der Waals surface area (Å²) in [7, 11) is 0. The van der Waals surface area contributed by atoms with Gasteiger partial charge in [0.05, 0.1) is 25.4 Å². The molecule has 0 aromatic heterocycles. The van der Waals surface area contributed by atoms with E-state index in [1.54, 1.807) is 13.8 Å². The first-order chi connectivity index (χ1) is 13.9. The lowest BCUT2D eigenvalue weighted by Crippen LogP contribution is -2.53. The molecule has 0 N–H and O–H groups in total. The fourth-order valence-corrected chi connectivity index (χ4v) is 3.43. The Balaban J connectivity index is 1.92. The van der Waals surface area contributed by atoms with Gasteiger partial charge in [-0.1, -0.05) is 30.3 Å². The topological polar surface area (TPSA) is 88.1 Å². The summed E-state index contributed by atoms with van der Waals surface area (Å²) in [6.07, 6.45) is 0.607. The van der Waals surface area contributed by atoms with Crippen LogP contribution in [0.4, 0.5) is 0 Å². The third-order valence-electron chi connectivity index (χ3n) is 4.97. The second kappa shape index (κ2) is 8.71. The van der Waals surface area contributed by atoms with E-state index in [0.29, 0.717) is 19.5 Å². The quantitative estimate of drug-likeness (QED) is 0.535. The number of carbonyl (C=O) groups excluding carboxylic acids is 3. The van der Waals surface area contributed by atoms with Crippen molar-refractivity contribution >= 4 is 18.0 Å². The van der Waals surface area contributed by atoms with E-state index in [1.165, 1.54) is 13.0 Å². The Morgan fingerprint density at radius 1 is 1.21 bits per heavy atom. The molecule has 1 aromatic carbocycles. The van der Waals surface area contributed by atoms with Gasteiger partial charge >= 0.3 is 5.97 Å². The van der Waals surface area contributed by atoms with Crippen molar-refractivity contribution in [3.8, 4) is 0 Å². The number of ketones is 1. The van der Waals surface area contributed by atoms with Crippen molar-refractivity contribution in [1.29, 1.82) is 0 Å². The fraction of sp³-hybridized carbons (Fsp3) is 0.409. The highest BCUT2D eigenvalue weighted by molar-refractivity contribution is 6.06. The van der Waals surface area contributed by atoms with Gasteiger partial charge in [-0.3, -0.25) is 9.59 Å². The maximum Gasteiger partial charge on any atom is 0.338 e. The van der Waals surface area contributed by atoms with Crippen LogP contribution in [0.15, 0.2) is 53.3 Å². The van der Waals surface area contributed by atoms with Crippen molar-refractivity contribution < 1.29 is 33.3 Å². The number of aldehydes is 1. The van der Waals surface area contributed by atoms with Gasteiger partial charge in [0.2, 0.25) is 5.79 Å². The molecule has 154 valence electrons. The Morgan fingerprint density at radius 3 is 2.41 bits per heavy atom. The molecule has 3 rings (SSSR count). The standard InChI is InChI=1S/C22H24O7/c1-4-26-21(25)19-18(14(2)24)10-17(11-23)29-20(19)22(3)27-12-16(13-28-22)15-8-6-5-7-9-15/h5-11,16,20H,4,12-13H2,1-3H3. The van der Waals surface area contributed by atoms with E-state index < -0.39 is 17.9 Å². The third kappa shape index (κ3) is 4.31. The predicted molar refractivity (Wildman–Crippen MR) is 103 cm³/mol. The fourth-order valence-electron chi connectivity index (χ4n) is 3.43. The second-order valence-electron chi connectivity index (χ2n) is 7.01. The van der Waals surface area contributed by atoms with Gasteiger partial charge in [0.1, 0.15) is 0 Å². The zero-order chi connectivity index (χ0) is 21.0. The second-order valence-corrected chi connectivity index (χ2v) is 7.01. The molecule has 1 unspecified atom stereocenters. The van der Waals surface area contributed by atoms with Crippen LogP contribution in [0.25, 0.3) is 0 Å². The van der Waals surface area contributed by atoms with Crippen LogP contribution in [-0.2, 0) is 33.3 Å². The molecular formula is C22H24O7. The van der Waals surface area contributed by atoms with Gasteiger partial charge in [0, 0.05) is 11.5 Å². The lowest BCUT2D eigenvalue weighted by Gasteiger charge is -2.43. The van der Waals surface area contributed by atoms with E-state index in [9.17, 15) is 14.4 Å². The van der Waals surface area contributed by atoms with E-state index in [1.807, 2.05) is 30.3 Å². The molecule has 0 amide bonds. The van der Waals surface area contributed by atoms with Crippen LogP contribution in [0.3, 0.4) is 0 Å². The zero-order valence-corrected chi connectivity index (χ0v) is 16.7. The van der Waals surface area contributed by atoms with Crippen LogP contribution in [0.5, 0.6) is 0 Å². The zero-order valence-electron chi connectivity index (χ0n) is 16.7. The number of carbonyl (C=O) groups is 3. The molecule has 29 heavy (non-hydrogen) atoms. The SMILES string of the molecule is CCOC(=O)C1=C(C(C)=O)C=C(C=O)OC1C1(C)OCC(c2ccccc2)CO1. The van der Waals surface area contributed by atoms with Crippen molar-refractivity contribution in [2.45, 2.75) is 38.6 Å².